The second kappa shape index (κ2) is 12.7. The lowest BCUT2D eigenvalue weighted by Gasteiger charge is -2.37. The molecule has 0 radical (unpaired) electrons. The predicted octanol–water partition coefficient (Wildman–Crippen LogP) is 0.744. The molecule has 2 aliphatic heterocycles. The molecule has 2 N–H and O–H groups in total. The summed E-state index contributed by atoms with van der Waals surface area (Å²) >= 11 is 0. The molecule has 29 heavy (non-hydrogen) atoms. The average Bonchev–Trinajstić information content (AvgIpc) is 3.00. The molecule has 2 fully saturated rings. The number of carbonyl (C=O) groups is 2. The number of carbonyl (C=O) groups excluding carboxylic acids is 2. The first-order valence-corrected chi connectivity index (χ1v) is 11.3. The van der Waals surface area contributed by atoms with E-state index in [4.69, 9.17) is 0 Å². The van der Waals surface area contributed by atoms with Crippen molar-refractivity contribution in [2.24, 2.45) is 10.9 Å². The summed E-state index contributed by atoms with van der Waals surface area (Å²) in [4.78, 5) is 35.5. The monoisotopic (exact) mass is 408 g/mol. The summed E-state index contributed by atoms with van der Waals surface area (Å²) in [6.45, 7) is 13.6. The lowest BCUT2D eigenvalue weighted by Crippen LogP contribution is -2.54. The minimum atomic E-state index is -0.00248. The van der Waals surface area contributed by atoms with Crippen LogP contribution >= 0.6 is 0 Å². The van der Waals surface area contributed by atoms with Crippen LogP contribution < -0.4 is 10.6 Å². The Bertz CT molecular complexity index is 535. The van der Waals surface area contributed by atoms with Gasteiger partial charge in [0.1, 0.15) is 0 Å². The second-order valence-electron chi connectivity index (χ2n) is 8.24. The number of piperazine rings is 1. The van der Waals surface area contributed by atoms with E-state index in [0.29, 0.717) is 19.6 Å². The number of nitrogens with zero attached hydrogens (tertiary/aromatic N) is 4. The number of amides is 2. The van der Waals surface area contributed by atoms with Crippen LogP contribution in [-0.4, -0.2) is 97.9 Å². The van der Waals surface area contributed by atoms with E-state index in [9.17, 15) is 9.59 Å². The molecule has 2 rings (SSSR count). The Balaban J connectivity index is 1.76. The summed E-state index contributed by atoms with van der Waals surface area (Å²) in [6.07, 6.45) is 4.77. The molecule has 166 valence electrons. The van der Waals surface area contributed by atoms with Crippen molar-refractivity contribution in [1.82, 2.24) is 25.3 Å². The minimum Gasteiger partial charge on any atom is -0.357 e. The van der Waals surface area contributed by atoms with Crippen molar-refractivity contribution in [3.8, 4) is 0 Å². The first kappa shape index (κ1) is 23.4. The van der Waals surface area contributed by atoms with Gasteiger partial charge in [0, 0.05) is 58.3 Å². The molecule has 0 atom stereocenters. The van der Waals surface area contributed by atoms with E-state index >= 15 is 0 Å². The maximum absolute atomic E-state index is 12.6. The highest BCUT2D eigenvalue weighted by atomic mass is 16.2. The Kier molecular flexibility index (Phi) is 10.2. The fourth-order valence-corrected chi connectivity index (χ4v) is 3.70. The number of aliphatic imine (C=N–C) groups is 1. The molecular weight excluding hydrogens is 368 g/mol. The van der Waals surface area contributed by atoms with Crippen LogP contribution in [0, 0.1) is 5.92 Å². The van der Waals surface area contributed by atoms with Gasteiger partial charge in [-0.2, -0.15) is 0 Å². The molecule has 2 aliphatic rings. The van der Waals surface area contributed by atoms with Gasteiger partial charge in [0.25, 0.3) is 0 Å². The van der Waals surface area contributed by atoms with Gasteiger partial charge in [0.15, 0.2) is 5.96 Å². The zero-order valence-corrected chi connectivity index (χ0v) is 18.6. The van der Waals surface area contributed by atoms with Crippen LogP contribution in [0.1, 0.15) is 46.5 Å². The van der Waals surface area contributed by atoms with Crippen LogP contribution in [0.25, 0.3) is 0 Å². The van der Waals surface area contributed by atoms with Gasteiger partial charge in [0.05, 0.1) is 13.1 Å². The van der Waals surface area contributed by atoms with E-state index in [2.05, 4.69) is 37.2 Å². The van der Waals surface area contributed by atoms with Gasteiger partial charge in [-0.25, -0.2) is 0 Å². The normalized spacial score (nSPS) is 19.2. The SMILES string of the molecule is CCNC(=NCCNC(=O)C(C)C)N1CCN(CC(=O)N2CCCCCC2)CC1. The third-order valence-corrected chi connectivity index (χ3v) is 5.52. The van der Waals surface area contributed by atoms with Crippen molar-refractivity contribution in [1.29, 1.82) is 0 Å². The molecule has 0 spiro atoms. The third kappa shape index (κ3) is 8.20. The van der Waals surface area contributed by atoms with Gasteiger partial charge in [-0.05, 0) is 19.8 Å². The van der Waals surface area contributed by atoms with E-state index in [-0.39, 0.29) is 17.7 Å². The van der Waals surface area contributed by atoms with Gasteiger partial charge >= 0.3 is 0 Å². The van der Waals surface area contributed by atoms with Gasteiger partial charge in [-0.1, -0.05) is 26.7 Å². The van der Waals surface area contributed by atoms with Crippen molar-refractivity contribution in [3.05, 3.63) is 0 Å². The Hall–Kier alpha value is -1.83. The first-order chi connectivity index (χ1) is 14.0. The van der Waals surface area contributed by atoms with E-state index in [0.717, 1.165) is 64.6 Å². The number of guanidine groups is 1. The second-order valence-corrected chi connectivity index (χ2v) is 8.24. The number of rotatable bonds is 7. The van der Waals surface area contributed by atoms with Gasteiger partial charge in [-0.15, -0.1) is 0 Å². The highest BCUT2D eigenvalue weighted by molar-refractivity contribution is 5.81. The van der Waals surface area contributed by atoms with Crippen molar-refractivity contribution in [3.63, 3.8) is 0 Å². The molecule has 0 aromatic heterocycles. The highest BCUT2D eigenvalue weighted by Gasteiger charge is 2.23. The Morgan fingerprint density at radius 1 is 0.897 bits per heavy atom. The molecule has 0 saturated carbocycles. The summed E-state index contributed by atoms with van der Waals surface area (Å²) in [7, 11) is 0. The van der Waals surface area contributed by atoms with E-state index in [1.54, 1.807) is 0 Å². The Morgan fingerprint density at radius 3 is 2.14 bits per heavy atom. The van der Waals surface area contributed by atoms with Crippen molar-refractivity contribution in [2.75, 3.05) is 65.4 Å². The van der Waals surface area contributed by atoms with E-state index < -0.39 is 0 Å². The predicted molar refractivity (Wildman–Crippen MR) is 117 cm³/mol. The minimum absolute atomic E-state index is 0.00248. The smallest absolute Gasteiger partial charge is 0.236 e. The molecule has 8 heteroatoms. The van der Waals surface area contributed by atoms with Crippen LogP contribution in [0.4, 0.5) is 0 Å². The van der Waals surface area contributed by atoms with Crippen molar-refractivity contribution < 1.29 is 9.59 Å². The molecular formula is C21H40N6O2. The van der Waals surface area contributed by atoms with Crippen LogP contribution in [0.2, 0.25) is 0 Å². The molecule has 0 aliphatic carbocycles. The number of likely N-dealkylation sites (tertiary alicyclic amines) is 1. The van der Waals surface area contributed by atoms with Gasteiger partial charge < -0.3 is 20.4 Å². The number of nitrogens with one attached hydrogen (secondary N) is 2. The molecule has 2 saturated heterocycles. The quantitative estimate of drug-likeness (QED) is 0.369. The molecule has 0 aromatic carbocycles. The molecule has 0 aromatic rings. The molecule has 8 nitrogen and oxygen atoms in total. The van der Waals surface area contributed by atoms with E-state index in [1.165, 1.54) is 12.8 Å². The zero-order chi connectivity index (χ0) is 21.1. The Morgan fingerprint density at radius 2 is 1.55 bits per heavy atom. The lowest BCUT2D eigenvalue weighted by atomic mass is 10.2. The van der Waals surface area contributed by atoms with Gasteiger partial charge in [-0.3, -0.25) is 19.5 Å². The van der Waals surface area contributed by atoms with Crippen LogP contribution in [0.5, 0.6) is 0 Å². The third-order valence-electron chi connectivity index (χ3n) is 5.52. The number of hydrogen-bond donors (Lipinski definition) is 2. The standard InChI is InChI=1S/C21H40N6O2/c1-4-22-21(24-10-9-23-20(29)18(2)3)27-15-13-25(14-16-27)17-19(28)26-11-7-5-6-8-12-26/h18H,4-17H2,1-3H3,(H,22,24)(H,23,29). The first-order valence-electron chi connectivity index (χ1n) is 11.3. The summed E-state index contributed by atoms with van der Waals surface area (Å²) in [6, 6.07) is 0. The maximum Gasteiger partial charge on any atom is 0.236 e. The highest BCUT2D eigenvalue weighted by Crippen LogP contribution is 2.11. The fraction of sp³-hybridized carbons (Fsp3) is 0.857. The maximum atomic E-state index is 12.6. The van der Waals surface area contributed by atoms with Crippen LogP contribution in [-0.2, 0) is 9.59 Å². The molecule has 0 bridgehead atoms. The fourth-order valence-electron chi connectivity index (χ4n) is 3.70. The van der Waals surface area contributed by atoms with Crippen LogP contribution in [0.15, 0.2) is 4.99 Å². The Labute approximate surface area is 176 Å². The molecule has 2 heterocycles. The lowest BCUT2D eigenvalue weighted by molar-refractivity contribution is -0.132. The summed E-state index contributed by atoms with van der Waals surface area (Å²) < 4.78 is 0. The summed E-state index contributed by atoms with van der Waals surface area (Å²) in [5.74, 6) is 1.23. The average molecular weight is 409 g/mol. The topological polar surface area (TPSA) is 80.3 Å². The van der Waals surface area contributed by atoms with E-state index in [1.807, 2.05) is 13.8 Å². The van der Waals surface area contributed by atoms with Crippen molar-refractivity contribution in [2.45, 2.75) is 46.5 Å². The summed E-state index contributed by atoms with van der Waals surface area (Å²) in [5, 5.41) is 6.25. The number of hydrogen-bond acceptors (Lipinski definition) is 4. The largest absolute Gasteiger partial charge is 0.357 e. The molecule has 2 amide bonds. The molecule has 0 unspecified atom stereocenters. The van der Waals surface area contributed by atoms with Crippen LogP contribution in [0.3, 0.4) is 0 Å². The van der Waals surface area contributed by atoms with Crippen molar-refractivity contribution >= 4 is 17.8 Å². The zero-order valence-electron chi connectivity index (χ0n) is 18.6. The van der Waals surface area contributed by atoms with Gasteiger partial charge in [0.2, 0.25) is 11.8 Å². The summed E-state index contributed by atoms with van der Waals surface area (Å²) in [5.41, 5.74) is 0.